The van der Waals surface area contributed by atoms with Crippen molar-refractivity contribution < 1.29 is 0 Å². The lowest BCUT2D eigenvalue weighted by atomic mass is 9.82. The minimum Gasteiger partial charge on any atom is -0.143 e. The van der Waals surface area contributed by atoms with Crippen molar-refractivity contribution in [3.8, 4) is 0 Å². The van der Waals surface area contributed by atoms with E-state index in [0.29, 0.717) is 11.8 Å². The second-order valence-corrected chi connectivity index (χ2v) is 5.20. The molecule has 16 heavy (non-hydrogen) atoms. The van der Waals surface area contributed by atoms with E-state index in [9.17, 15) is 0 Å². The van der Waals surface area contributed by atoms with Gasteiger partial charge in [0.1, 0.15) is 0 Å². The number of benzene rings is 1. The molecule has 2 unspecified atom stereocenters. The summed E-state index contributed by atoms with van der Waals surface area (Å²) in [4.78, 5) is 1.10. The Balaban J connectivity index is 2.44. The largest absolute Gasteiger partial charge is 0.143 e. The predicted octanol–water partition coefficient (Wildman–Crippen LogP) is 4.52. The van der Waals surface area contributed by atoms with E-state index in [1.165, 1.54) is 16.7 Å². The third kappa shape index (κ3) is 2.25. The highest BCUT2D eigenvalue weighted by atomic mass is 32.1. The van der Waals surface area contributed by atoms with Gasteiger partial charge in [-0.3, -0.25) is 0 Å². The van der Waals surface area contributed by atoms with Crippen LogP contribution in [0.5, 0.6) is 0 Å². The van der Waals surface area contributed by atoms with Crippen molar-refractivity contribution in [3.05, 3.63) is 53.1 Å². The van der Waals surface area contributed by atoms with Crippen LogP contribution in [-0.2, 0) is 0 Å². The Morgan fingerprint density at radius 1 is 1.19 bits per heavy atom. The molecule has 1 aliphatic rings. The van der Waals surface area contributed by atoms with Crippen LogP contribution in [0, 0.1) is 12.8 Å². The number of rotatable bonds is 1. The van der Waals surface area contributed by atoms with E-state index in [4.69, 9.17) is 0 Å². The molecule has 0 nitrogen and oxygen atoms in total. The molecule has 0 saturated carbocycles. The van der Waals surface area contributed by atoms with E-state index in [0.717, 1.165) is 4.90 Å². The average Bonchev–Trinajstić information content (AvgIpc) is 2.25. The maximum atomic E-state index is 4.57. The number of hydrogen-bond acceptors (Lipinski definition) is 1. The van der Waals surface area contributed by atoms with Gasteiger partial charge in [-0.1, -0.05) is 48.4 Å². The van der Waals surface area contributed by atoms with Crippen molar-refractivity contribution in [1.82, 2.24) is 0 Å². The van der Waals surface area contributed by atoms with Crippen LogP contribution >= 0.6 is 12.6 Å². The Bertz CT molecular complexity index is 455. The minimum absolute atomic E-state index is 0.470. The zero-order valence-electron chi connectivity index (χ0n) is 10.1. The first-order valence-corrected chi connectivity index (χ1v) is 6.19. The van der Waals surface area contributed by atoms with Crippen molar-refractivity contribution in [3.63, 3.8) is 0 Å². The maximum absolute atomic E-state index is 4.57. The topological polar surface area (TPSA) is 0 Å². The minimum atomic E-state index is 0.470. The average molecular weight is 230 g/mol. The molecule has 1 heteroatoms. The molecule has 0 heterocycles. The quantitative estimate of drug-likeness (QED) is 0.674. The van der Waals surface area contributed by atoms with Crippen LogP contribution in [0.25, 0.3) is 0 Å². The van der Waals surface area contributed by atoms with Crippen LogP contribution < -0.4 is 0 Å². The fraction of sp³-hybridized carbons (Fsp3) is 0.333. The highest BCUT2D eigenvalue weighted by Crippen LogP contribution is 2.35. The lowest BCUT2D eigenvalue weighted by Gasteiger charge is -2.24. The molecule has 0 fully saturated rings. The molecule has 0 bridgehead atoms. The van der Waals surface area contributed by atoms with E-state index < -0.39 is 0 Å². The van der Waals surface area contributed by atoms with Gasteiger partial charge in [0, 0.05) is 10.8 Å². The molecule has 84 valence electrons. The molecule has 1 aliphatic carbocycles. The molecule has 1 aromatic carbocycles. The van der Waals surface area contributed by atoms with E-state index in [-0.39, 0.29) is 0 Å². The van der Waals surface area contributed by atoms with Crippen molar-refractivity contribution >= 4 is 12.6 Å². The molecule has 0 aliphatic heterocycles. The summed E-state index contributed by atoms with van der Waals surface area (Å²) in [5.41, 5.74) is 4.00. The lowest BCUT2D eigenvalue weighted by molar-refractivity contribution is 0.622. The van der Waals surface area contributed by atoms with Gasteiger partial charge in [-0.05, 0) is 31.4 Å². The Hall–Kier alpha value is -0.950. The molecule has 0 radical (unpaired) electrons. The molecular formula is C15H18S. The van der Waals surface area contributed by atoms with Gasteiger partial charge in [-0.2, -0.15) is 0 Å². The number of allylic oxidation sites excluding steroid dienone is 4. The fourth-order valence-corrected chi connectivity index (χ4v) is 2.52. The number of thiol groups is 1. The summed E-state index contributed by atoms with van der Waals surface area (Å²) in [7, 11) is 0. The van der Waals surface area contributed by atoms with Gasteiger partial charge < -0.3 is 0 Å². The first-order chi connectivity index (χ1) is 7.58. The molecule has 2 atom stereocenters. The van der Waals surface area contributed by atoms with Gasteiger partial charge in [0.15, 0.2) is 0 Å². The first kappa shape index (κ1) is 11.5. The zero-order valence-corrected chi connectivity index (χ0v) is 11.0. The Labute approximate surface area is 103 Å². The highest BCUT2D eigenvalue weighted by molar-refractivity contribution is 7.80. The second kappa shape index (κ2) is 4.50. The summed E-state index contributed by atoms with van der Waals surface area (Å²) in [6.45, 7) is 6.56. The van der Waals surface area contributed by atoms with Gasteiger partial charge in [0.2, 0.25) is 0 Å². The van der Waals surface area contributed by atoms with Crippen LogP contribution in [0.2, 0.25) is 0 Å². The van der Waals surface area contributed by atoms with Crippen molar-refractivity contribution in [2.24, 2.45) is 5.92 Å². The molecular weight excluding hydrogens is 212 g/mol. The van der Waals surface area contributed by atoms with E-state index in [1.807, 2.05) is 0 Å². The number of hydrogen-bond donors (Lipinski definition) is 1. The fourth-order valence-electron chi connectivity index (χ4n) is 2.23. The normalized spacial score (nSPS) is 24.4. The molecule has 0 amide bonds. The standard InChI is InChI=1S/C15H18S/c1-10-4-6-12(3)13(8-10)14-9-11(2)5-7-15(14)16/h4-9,12-13,16H,1-3H3. The molecule has 2 rings (SSSR count). The second-order valence-electron chi connectivity index (χ2n) is 4.72. The monoisotopic (exact) mass is 230 g/mol. The Morgan fingerprint density at radius 3 is 2.69 bits per heavy atom. The van der Waals surface area contributed by atoms with Gasteiger partial charge in [-0.15, -0.1) is 12.6 Å². The summed E-state index contributed by atoms with van der Waals surface area (Å²) in [6, 6.07) is 6.47. The third-order valence-corrected chi connectivity index (χ3v) is 3.62. The van der Waals surface area contributed by atoms with Gasteiger partial charge in [-0.25, -0.2) is 0 Å². The predicted molar refractivity (Wildman–Crippen MR) is 73.2 cm³/mol. The smallest absolute Gasteiger partial charge is 0.00950 e. The van der Waals surface area contributed by atoms with E-state index >= 15 is 0 Å². The maximum Gasteiger partial charge on any atom is 0.00950 e. The van der Waals surface area contributed by atoms with Crippen LogP contribution in [0.15, 0.2) is 46.9 Å². The summed E-state index contributed by atoms with van der Waals surface area (Å²) in [6.07, 6.45) is 6.84. The van der Waals surface area contributed by atoms with Crippen LogP contribution in [0.4, 0.5) is 0 Å². The van der Waals surface area contributed by atoms with Gasteiger partial charge in [0.25, 0.3) is 0 Å². The third-order valence-electron chi connectivity index (χ3n) is 3.21. The van der Waals surface area contributed by atoms with Crippen molar-refractivity contribution in [1.29, 1.82) is 0 Å². The van der Waals surface area contributed by atoms with Crippen molar-refractivity contribution in [2.75, 3.05) is 0 Å². The molecule has 0 saturated heterocycles. The molecule has 0 aromatic heterocycles. The summed E-state index contributed by atoms with van der Waals surface area (Å²) in [5, 5.41) is 0. The SMILES string of the molecule is CC1=CC(c2cc(C)ccc2S)C(C)C=C1. The first-order valence-electron chi connectivity index (χ1n) is 5.74. The Kier molecular flexibility index (Phi) is 3.25. The van der Waals surface area contributed by atoms with E-state index in [2.05, 4.69) is 69.8 Å². The van der Waals surface area contributed by atoms with Gasteiger partial charge in [0.05, 0.1) is 0 Å². The highest BCUT2D eigenvalue weighted by Gasteiger charge is 2.19. The van der Waals surface area contributed by atoms with Crippen molar-refractivity contribution in [2.45, 2.75) is 31.6 Å². The van der Waals surface area contributed by atoms with Gasteiger partial charge >= 0.3 is 0 Å². The summed E-state index contributed by atoms with van der Waals surface area (Å²) in [5.74, 6) is 1.02. The molecule has 1 aromatic rings. The van der Waals surface area contributed by atoms with Crippen LogP contribution in [0.3, 0.4) is 0 Å². The summed E-state index contributed by atoms with van der Waals surface area (Å²) >= 11 is 4.57. The molecule has 0 spiro atoms. The van der Waals surface area contributed by atoms with Crippen LogP contribution in [0.1, 0.15) is 30.9 Å². The van der Waals surface area contributed by atoms with Crippen LogP contribution in [-0.4, -0.2) is 0 Å². The zero-order chi connectivity index (χ0) is 11.7. The van der Waals surface area contributed by atoms with E-state index in [1.54, 1.807) is 0 Å². The molecule has 0 N–H and O–H groups in total. The Morgan fingerprint density at radius 2 is 1.94 bits per heavy atom. The number of aryl methyl sites for hydroxylation is 1. The summed E-state index contributed by atoms with van der Waals surface area (Å²) < 4.78 is 0. The lowest BCUT2D eigenvalue weighted by Crippen LogP contribution is -2.09.